The van der Waals surface area contributed by atoms with Crippen LogP contribution in [0, 0.1) is 23.6 Å². The molecule has 1 N–H and O–H groups in total. The molecule has 4 nitrogen and oxygen atoms in total. The second-order valence-electron chi connectivity index (χ2n) is 8.34. The first-order valence-corrected chi connectivity index (χ1v) is 10.3. The molecule has 0 spiro atoms. The first kappa shape index (κ1) is 19.6. The summed E-state index contributed by atoms with van der Waals surface area (Å²) in [5.74, 6) is 2.07. The Morgan fingerprint density at radius 3 is 2.28 bits per heavy atom. The van der Waals surface area contributed by atoms with Crippen molar-refractivity contribution in [1.82, 2.24) is 5.32 Å². The molecule has 1 amide bonds. The molecule has 29 heavy (non-hydrogen) atoms. The number of benzene rings is 2. The Labute approximate surface area is 170 Å². The van der Waals surface area contributed by atoms with Crippen molar-refractivity contribution in [3.63, 3.8) is 0 Å². The number of ketones is 1. The van der Waals surface area contributed by atoms with Gasteiger partial charge in [0.2, 0.25) is 0 Å². The van der Waals surface area contributed by atoms with Gasteiger partial charge < -0.3 is 10.1 Å². The van der Waals surface area contributed by atoms with Crippen LogP contribution in [-0.2, 0) is 4.79 Å². The summed E-state index contributed by atoms with van der Waals surface area (Å²) in [6.45, 7) is 2.05. The van der Waals surface area contributed by atoms with Crippen LogP contribution in [-0.4, -0.2) is 24.3 Å². The lowest BCUT2D eigenvalue weighted by Gasteiger charge is -2.28. The molecule has 4 atom stereocenters. The predicted octanol–water partition coefficient (Wildman–Crippen LogP) is 4.38. The van der Waals surface area contributed by atoms with Crippen molar-refractivity contribution in [2.45, 2.75) is 38.6 Å². The number of amides is 1. The largest absolute Gasteiger partial charge is 0.484 e. The summed E-state index contributed by atoms with van der Waals surface area (Å²) in [4.78, 5) is 24.7. The Balaban J connectivity index is 1.27. The standard InChI is InChI=1S/C24H26FNO3/c1-15(22-13-16-2-3-19(22)12-16)26-23(27)14-29-21-10-6-18(7-11-21)24(28)17-4-8-20(25)9-5-17/h4-11,15-16,19,22H,2-3,12-14H2,1H3,(H,26,27)/t15-,16+,19+,22-/m1/s1. The van der Waals surface area contributed by atoms with E-state index < -0.39 is 0 Å². The van der Waals surface area contributed by atoms with Crippen LogP contribution in [0.2, 0.25) is 0 Å². The van der Waals surface area contributed by atoms with E-state index in [1.54, 1.807) is 24.3 Å². The van der Waals surface area contributed by atoms with E-state index in [9.17, 15) is 14.0 Å². The van der Waals surface area contributed by atoms with Crippen LogP contribution in [0.5, 0.6) is 5.75 Å². The van der Waals surface area contributed by atoms with Crippen LogP contribution >= 0.6 is 0 Å². The third kappa shape index (κ3) is 4.50. The monoisotopic (exact) mass is 395 g/mol. The molecule has 5 heteroatoms. The maximum absolute atomic E-state index is 13.0. The summed E-state index contributed by atoms with van der Waals surface area (Å²) in [7, 11) is 0. The molecule has 2 aromatic carbocycles. The van der Waals surface area contributed by atoms with Crippen LogP contribution in [0.25, 0.3) is 0 Å². The Bertz CT molecular complexity index is 878. The Hall–Kier alpha value is -2.69. The maximum atomic E-state index is 13.0. The summed E-state index contributed by atoms with van der Waals surface area (Å²) in [5.41, 5.74) is 0.910. The lowest BCUT2D eigenvalue weighted by atomic mass is 9.84. The third-order valence-electron chi connectivity index (χ3n) is 6.42. The summed E-state index contributed by atoms with van der Waals surface area (Å²) in [5, 5.41) is 3.08. The van der Waals surface area contributed by atoms with Gasteiger partial charge >= 0.3 is 0 Å². The van der Waals surface area contributed by atoms with Crippen molar-refractivity contribution in [3.8, 4) is 5.75 Å². The quantitative estimate of drug-likeness (QED) is 0.708. The highest BCUT2D eigenvalue weighted by atomic mass is 19.1. The minimum absolute atomic E-state index is 0.0452. The number of fused-ring (bicyclic) bond motifs is 2. The topological polar surface area (TPSA) is 55.4 Å². The van der Waals surface area contributed by atoms with E-state index >= 15 is 0 Å². The zero-order valence-corrected chi connectivity index (χ0v) is 16.6. The number of halogens is 1. The number of ether oxygens (including phenoxy) is 1. The summed E-state index contributed by atoms with van der Waals surface area (Å²) in [6.07, 6.45) is 5.21. The Morgan fingerprint density at radius 1 is 1.03 bits per heavy atom. The molecular formula is C24H26FNO3. The van der Waals surface area contributed by atoms with Crippen molar-refractivity contribution in [3.05, 3.63) is 65.5 Å². The van der Waals surface area contributed by atoms with Gasteiger partial charge in [0.25, 0.3) is 5.91 Å². The van der Waals surface area contributed by atoms with E-state index in [0.29, 0.717) is 22.8 Å². The van der Waals surface area contributed by atoms with Crippen LogP contribution in [0.15, 0.2) is 48.5 Å². The van der Waals surface area contributed by atoms with Gasteiger partial charge in [0, 0.05) is 17.2 Å². The molecule has 2 fully saturated rings. The highest BCUT2D eigenvalue weighted by Crippen LogP contribution is 2.49. The first-order valence-electron chi connectivity index (χ1n) is 10.3. The van der Waals surface area contributed by atoms with E-state index in [2.05, 4.69) is 12.2 Å². The lowest BCUT2D eigenvalue weighted by Crippen LogP contribution is -2.42. The molecule has 0 aromatic heterocycles. The lowest BCUT2D eigenvalue weighted by molar-refractivity contribution is -0.124. The fourth-order valence-corrected chi connectivity index (χ4v) is 4.93. The summed E-state index contributed by atoms with van der Waals surface area (Å²) >= 11 is 0. The first-order chi connectivity index (χ1) is 14.0. The van der Waals surface area contributed by atoms with E-state index in [1.165, 1.54) is 49.9 Å². The van der Waals surface area contributed by atoms with Crippen LogP contribution in [0.4, 0.5) is 4.39 Å². The summed E-state index contributed by atoms with van der Waals surface area (Å²) in [6, 6.07) is 12.3. The minimum Gasteiger partial charge on any atom is -0.484 e. The van der Waals surface area contributed by atoms with Gasteiger partial charge in [-0.3, -0.25) is 9.59 Å². The highest BCUT2D eigenvalue weighted by Gasteiger charge is 2.42. The number of carbonyl (C=O) groups is 2. The maximum Gasteiger partial charge on any atom is 0.258 e. The highest BCUT2D eigenvalue weighted by molar-refractivity contribution is 6.09. The van der Waals surface area contributed by atoms with Crippen molar-refractivity contribution < 1.29 is 18.7 Å². The molecule has 0 radical (unpaired) electrons. The van der Waals surface area contributed by atoms with Gasteiger partial charge in [-0.05, 0) is 92.5 Å². The van der Waals surface area contributed by atoms with E-state index in [1.807, 2.05) is 0 Å². The van der Waals surface area contributed by atoms with Gasteiger partial charge in [-0.2, -0.15) is 0 Å². The zero-order chi connectivity index (χ0) is 20.4. The second-order valence-corrected chi connectivity index (χ2v) is 8.34. The fraction of sp³-hybridized carbons (Fsp3) is 0.417. The number of hydrogen-bond acceptors (Lipinski definition) is 3. The normalized spacial score (nSPS) is 23.6. The minimum atomic E-state index is -0.377. The Morgan fingerprint density at radius 2 is 1.69 bits per heavy atom. The van der Waals surface area contributed by atoms with Crippen LogP contribution in [0.1, 0.15) is 48.5 Å². The van der Waals surface area contributed by atoms with Crippen molar-refractivity contribution in [2.24, 2.45) is 17.8 Å². The van der Waals surface area contributed by atoms with E-state index in [0.717, 1.165) is 11.8 Å². The molecule has 2 aromatic rings. The average molecular weight is 395 g/mol. The van der Waals surface area contributed by atoms with Crippen molar-refractivity contribution in [1.29, 1.82) is 0 Å². The van der Waals surface area contributed by atoms with Gasteiger partial charge in [-0.25, -0.2) is 4.39 Å². The van der Waals surface area contributed by atoms with Gasteiger partial charge in [0.05, 0.1) is 0 Å². The predicted molar refractivity (Wildman–Crippen MR) is 108 cm³/mol. The van der Waals surface area contributed by atoms with Gasteiger partial charge in [-0.1, -0.05) is 6.42 Å². The molecule has 152 valence electrons. The number of rotatable bonds is 7. The van der Waals surface area contributed by atoms with Gasteiger partial charge in [0.15, 0.2) is 12.4 Å². The van der Waals surface area contributed by atoms with E-state index in [4.69, 9.17) is 4.74 Å². The van der Waals surface area contributed by atoms with Crippen LogP contribution in [0.3, 0.4) is 0 Å². The molecule has 2 aliphatic carbocycles. The van der Waals surface area contributed by atoms with Crippen molar-refractivity contribution in [2.75, 3.05) is 6.61 Å². The molecule has 0 heterocycles. The number of hydrogen-bond donors (Lipinski definition) is 1. The second kappa shape index (κ2) is 8.36. The molecule has 2 saturated carbocycles. The smallest absolute Gasteiger partial charge is 0.258 e. The van der Waals surface area contributed by atoms with Crippen molar-refractivity contribution >= 4 is 11.7 Å². The molecule has 2 bridgehead atoms. The van der Waals surface area contributed by atoms with Crippen LogP contribution < -0.4 is 10.1 Å². The number of nitrogens with one attached hydrogen (secondary N) is 1. The Kier molecular flexibility index (Phi) is 5.65. The summed E-state index contributed by atoms with van der Waals surface area (Å²) < 4.78 is 18.6. The zero-order valence-electron chi connectivity index (χ0n) is 16.6. The molecule has 4 rings (SSSR count). The molecule has 0 saturated heterocycles. The fourth-order valence-electron chi connectivity index (χ4n) is 4.93. The number of carbonyl (C=O) groups excluding carboxylic acids is 2. The van der Waals surface area contributed by atoms with Gasteiger partial charge in [0.1, 0.15) is 11.6 Å². The SMILES string of the molecule is C[C@@H](NC(=O)COc1ccc(C(=O)c2ccc(F)cc2)cc1)[C@H]1C[C@H]2CC[C@H]1C2. The van der Waals surface area contributed by atoms with E-state index in [-0.39, 0.29) is 30.2 Å². The third-order valence-corrected chi connectivity index (χ3v) is 6.42. The van der Waals surface area contributed by atoms with Gasteiger partial charge in [-0.15, -0.1) is 0 Å². The average Bonchev–Trinajstić information content (AvgIpc) is 3.36. The molecule has 0 aliphatic heterocycles. The molecular weight excluding hydrogens is 369 g/mol. The molecule has 2 aliphatic rings. The molecule has 0 unspecified atom stereocenters.